The van der Waals surface area contributed by atoms with E-state index in [1.165, 1.54) is 25.7 Å². The van der Waals surface area contributed by atoms with Gasteiger partial charge in [-0.25, -0.2) is 5.90 Å². The average molecular weight is 201 g/mol. The minimum absolute atomic E-state index is 0.0289. The van der Waals surface area contributed by atoms with Crippen molar-refractivity contribution in [2.75, 3.05) is 0 Å². The fraction of sp³-hybridized carbons (Fsp3) is 0.900. The molecule has 0 aromatic carbocycles. The predicted molar refractivity (Wildman–Crippen MR) is 52.5 cm³/mol. The fourth-order valence-electron chi connectivity index (χ4n) is 2.18. The van der Waals surface area contributed by atoms with Crippen molar-refractivity contribution in [2.24, 2.45) is 11.8 Å². The molecule has 4 nitrogen and oxygen atoms in total. The third kappa shape index (κ3) is 3.64. The second kappa shape index (κ2) is 5.98. The van der Waals surface area contributed by atoms with Crippen molar-refractivity contribution in [3.8, 4) is 0 Å². The van der Waals surface area contributed by atoms with Crippen LogP contribution in [0.5, 0.6) is 0 Å². The maximum Gasteiger partial charge on any atom is 0.306 e. The zero-order valence-electron chi connectivity index (χ0n) is 8.45. The van der Waals surface area contributed by atoms with E-state index in [0.717, 1.165) is 12.8 Å². The van der Waals surface area contributed by atoms with Crippen molar-refractivity contribution in [3.63, 3.8) is 0 Å². The lowest BCUT2D eigenvalue weighted by molar-refractivity contribution is -0.141. The molecule has 0 heterocycles. The lowest BCUT2D eigenvalue weighted by atomic mass is 9.92. The highest BCUT2D eigenvalue weighted by Gasteiger charge is 2.25. The molecule has 1 saturated carbocycles. The lowest BCUT2D eigenvalue weighted by Crippen LogP contribution is -2.29. The van der Waals surface area contributed by atoms with Crippen molar-refractivity contribution in [1.82, 2.24) is 0 Å². The molecule has 0 saturated heterocycles. The van der Waals surface area contributed by atoms with Crippen LogP contribution in [0.4, 0.5) is 0 Å². The largest absolute Gasteiger partial charge is 0.481 e. The summed E-state index contributed by atoms with van der Waals surface area (Å²) in [6.45, 7) is 0. The second-order valence-electron chi connectivity index (χ2n) is 4.02. The minimum Gasteiger partial charge on any atom is -0.481 e. The molecule has 82 valence electrons. The van der Waals surface area contributed by atoms with Crippen LogP contribution in [-0.2, 0) is 9.63 Å². The Bertz CT molecular complexity index is 176. The van der Waals surface area contributed by atoms with Crippen LogP contribution < -0.4 is 5.90 Å². The normalized spacial score (nSPS) is 21.5. The zero-order chi connectivity index (χ0) is 10.4. The van der Waals surface area contributed by atoms with Gasteiger partial charge in [0.25, 0.3) is 0 Å². The summed E-state index contributed by atoms with van der Waals surface area (Å²) in [5.74, 6) is 4.64. The van der Waals surface area contributed by atoms with Crippen molar-refractivity contribution in [3.05, 3.63) is 0 Å². The highest BCUT2D eigenvalue weighted by atomic mass is 16.6. The lowest BCUT2D eigenvalue weighted by Gasteiger charge is -2.22. The molecule has 0 amide bonds. The third-order valence-corrected chi connectivity index (χ3v) is 2.98. The quantitative estimate of drug-likeness (QED) is 0.536. The van der Waals surface area contributed by atoms with Crippen LogP contribution in [0.25, 0.3) is 0 Å². The Morgan fingerprint density at radius 3 is 2.36 bits per heavy atom. The molecule has 1 atom stereocenters. The minimum atomic E-state index is -0.829. The number of carboxylic acids is 1. The maximum absolute atomic E-state index is 10.6. The molecule has 0 bridgehead atoms. The molecule has 4 heteroatoms. The van der Waals surface area contributed by atoms with Crippen LogP contribution >= 0.6 is 0 Å². The van der Waals surface area contributed by atoms with E-state index in [9.17, 15) is 4.79 Å². The van der Waals surface area contributed by atoms with E-state index in [-0.39, 0.29) is 12.5 Å². The molecule has 1 fully saturated rings. The smallest absolute Gasteiger partial charge is 0.306 e. The van der Waals surface area contributed by atoms with Gasteiger partial charge in [-0.15, -0.1) is 0 Å². The van der Waals surface area contributed by atoms with Gasteiger partial charge in [0, 0.05) is 0 Å². The van der Waals surface area contributed by atoms with Gasteiger partial charge in [0.15, 0.2) is 0 Å². The zero-order valence-corrected chi connectivity index (χ0v) is 8.45. The first-order valence-electron chi connectivity index (χ1n) is 5.31. The molecule has 0 aromatic heterocycles. The summed E-state index contributed by atoms with van der Waals surface area (Å²) < 4.78 is 0. The highest BCUT2D eigenvalue weighted by Crippen LogP contribution is 2.27. The Morgan fingerprint density at radius 1 is 1.36 bits per heavy atom. The van der Waals surface area contributed by atoms with E-state index < -0.39 is 5.97 Å². The summed E-state index contributed by atoms with van der Waals surface area (Å²) in [5.41, 5.74) is 0. The van der Waals surface area contributed by atoms with Crippen LogP contribution in [0.3, 0.4) is 0 Å². The standard InChI is InChI=1S/C10H19NO3/c11-14-9(7-10(12)13)8-5-3-1-2-4-6-8/h8-9H,1-7,11H2,(H,12,13). The molecular weight excluding hydrogens is 182 g/mol. The van der Waals surface area contributed by atoms with Crippen molar-refractivity contribution >= 4 is 5.97 Å². The number of hydrogen-bond acceptors (Lipinski definition) is 3. The summed E-state index contributed by atoms with van der Waals surface area (Å²) in [5, 5.41) is 8.68. The van der Waals surface area contributed by atoms with E-state index in [2.05, 4.69) is 0 Å². The average Bonchev–Trinajstić information content (AvgIpc) is 2.41. The molecule has 1 aliphatic carbocycles. The van der Waals surface area contributed by atoms with E-state index in [1.807, 2.05) is 0 Å². The Hall–Kier alpha value is -0.610. The van der Waals surface area contributed by atoms with Crippen LogP contribution in [0.2, 0.25) is 0 Å². The Morgan fingerprint density at radius 2 is 1.93 bits per heavy atom. The first kappa shape index (κ1) is 11.5. The Kier molecular flexibility index (Phi) is 4.90. The van der Waals surface area contributed by atoms with Gasteiger partial charge < -0.3 is 9.94 Å². The SMILES string of the molecule is NOC(CC(=O)O)C1CCCCCC1. The molecule has 3 N–H and O–H groups in total. The van der Waals surface area contributed by atoms with Crippen LogP contribution in [-0.4, -0.2) is 17.2 Å². The first-order valence-corrected chi connectivity index (χ1v) is 5.31. The van der Waals surface area contributed by atoms with E-state index in [4.69, 9.17) is 15.8 Å². The topological polar surface area (TPSA) is 72.5 Å². The van der Waals surface area contributed by atoms with E-state index in [0.29, 0.717) is 5.92 Å². The highest BCUT2D eigenvalue weighted by molar-refractivity contribution is 5.67. The maximum atomic E-state index is 10.6. The van der Waals surface area contributed by atoms with Gasteiger partial charge in [0.05, 0.1) is 12.5 Å². The number of carbonyl (C=O) groups is 1. The summed E-state index contributed by atoms with van der Waals surface area (Å²) in [6, 6.07) is 0. The predicted octanol–water partition coefficient (Wildman–Crippen LogP) is 1.69. The number of aliphatic carboxylic acids is 1. The van der Waals surface area contributed by atoms with Gasteiger partial charge in [-0.1, -0.05) is 25.7 Å². The summed E-state index contributed by atoms with van der Waals surface area (Å²) in [4.78, 5) is 15.3. The summed E-state index contributed by atoms with van der Waals surface area (Å²) in [7, 11) is 0. The molecule has 1 unspecified atom stereocenters. The molecule has 0 aromatic rings. The van der Waals surface area contributed by atoms with Gasteiger partial charge in [0.2, 0.25) is 0 Å². The number of hydrogen-bond donors (Lipinski definition) is 2. The number of rotatable bonds is 4. The van der Waals surface area contributed by atoms with Crippen LogP contribution in [0.1, 0.15) is 44.9 Å². The van der Waals surface area contributed by atoms with Crippen LogP contribution in [0, 0.1) is 5.92 Å². The molecule has 14 heavy (non-hydrogen) atoms. The molecule has 1 aliphatic rings. The van der Waals surface area contributed by atoms with Crippen molar-refractivity contribution in [1.29, 1.82) is 0 Å². The monoisotopic (exact) mass is 201 g/mol. The Labute approximate surface area is 84.4 Å². The van der Waals surface area contributed by atoms with Gasteiger partial charge in [-0.05, 0) is 18.8 Å². The third-order valence-electron chi connectivity index (χ3n) is 2.98. The molecule has 0 radical (unpaired) electrons. The van der Waals surface area contributed by atoms with Gasteiger partial charge in [-0.3, -0.25) is 4.79 Å². The number of nitrogens with two attached hydrogens (primary N) is 1. The van der Waals surface area contributed by atoms with Crippen molar-refractivity contribution in [2.45, 2.75) is 51.0 Å². The molecule has 0 aliphatic heterocycles. The van der Waals surface area contributed by atoms with Gasteiger partial charge >= 0.3 is 5.97 Å². The Balaban J connectivity index is 2.44. The number of carboxylic acid groups (broad SMARTS) is 1. The van der Waals surface area contributed by atoms with Crippen LogP contribution in [0.15, 0.2) is 0 Å². The van der Waals surface area contributed by atoms with Gasteiger partial charge in [0.1, 0.15) is 0 Å². The second-order valence-corrected chi connectivity index (χ2v) is 4.02. The van der Waals surface area contributed by atoms with Gasteiger partial charge in [-0.2, -0.15) is 0 Å². The summed E-state index contributed by atoms with van der Waals surface area (Å²) >= 11 is 0. The molecule has 1 rings (SSSR count). The fourth-order valence-corrected chi connectivity index (χ4v) is 2.18. The molecule has 0 spiro atoms. The van der Waals surface area contributed by atoms with Crippen molar-refractivity contribution < 1.29 is 14.7 Å². The first-order chi connectivity index (χ1) is 6.74. The van der Waals surface area contributed by atoms with E-state index >= 15 is 0 Å². The van der Waals surface area contributed by atoms with E-state index in [1.54, 1.807) is 0 Å². The molecular formula is C10H19NO3. The summed E-state index contributed by atoms with van der Waals surface area (Å²) in [6.07, 6.45) is 6.67.